The van der Waals surface area contributed by atoms with E-state index in [1.807, 2.05) is 24.3 Å². The Balaban J connectivity index is 2.31. The molecule has 19 heavy (non-hydrogen) atoms. The number of hydrogen-bond acceptors (Lipinski definition) is 4. The van der Waals surface area contributed by atoms with E-state index < -0.39 is 0 Å². The second-order valence-corrected chi connectivity index (χ2v) is 4.37. The standard InChI is InChI=1S/C14H22N2O3/c1-16(9-10-17)11-14(18)15-8-7-12-5-3-4-6-13(12)19-2/h3-6,17H,7-11H2,1-2H3,(H,15,18). The van der Waals surface area contributed by atoms with Crippen LogP contribution < -0.4 is 10.1 Å². The highest BCUT2D eigenvalue weighted by Crippen LogP contribution is 2.17. The fourth-order valence-corrected chi connectivity index (χ4v) is 1.80. The number of methoxy groups -OCH3 is 1. The van der Waals surface area contributed by atoms with Crippen molar-refractivity contribution >= 4 is 5.91 Å². The van der Waals surface area contributed by atoms with Gasteiger partial charge in [-0.05, 0) is 25.1 Å². The van der Waals surface area contributed by atoms with E-state index in [1.54, 1.807) is 19.1 Å². The molecule has 5 heteroatoms. The maximum Gasteiger partial charge on any atom is 0.234 e. The molecule has 0 heterocycles. The van der Waals surface area contributed by atoms with Gasteiger partial charge in [-0.1, -0.05) is 18.2 Å². The highest BCUT2D eigenvalue weighted by molar-refractivity contribution is 5.77. The fraction of sp³-hybridized carbons (Fsp3) is 0.500. The van der Waals surface area contributed by atoms with Crippen LogP contribution in [0, 0.1) is 0 Å². The summed E-state index contributed by atoms with van der Waals surface area (Å²) in [6.07, 6.45) is 0.736. The first-order chi connectivity index (χ1) is 9.17. The van der Waals surface area contributed by atoms with Gasteiger partial charge in [0.25, 0.3) is 0 Å². The molecule has 2 N–H and O–H groups in total. The zero-order valence-electron chi connectivity index (χ0n) is 11.6. The van der Waals surface area contributed by atoms with Gasteiger partial charge in [-0.15, -0.1) is 0 Å². The molecule has 1 rings (SSSR count). The maximum atomic E-state index is 11.6. The Labute approximate surface area is 114 Å². The first-order valence-corrected chi connectivity index (χ1v) is 6.35. The van der Waals surface area contributed by atoms with Crippen LogP contribution in [0.5, 0.6) is 5.75 Å². The summed E-state index contributed by atoms with van der Waals surface area (Å²) in [5.41, 5.74) is 1.08. The van der Waals surface area contributed by atoms with Gasteiger partial charge in [-0.3, -0.25) is 9.69 Å². The number of ether oxygens (including phenoxy) is 1. The summed E-state index contributed by atoms with van der Waals surface area (Å²) in [4.78, 5) is 13.4. The van der Waals surface area contributed by atoms with E-state index in [4.69, 9.17) is 9.84 Å². The van der Waals surface area contributed by atoms with Crippen molar-refractivity contribution in [1.82, 2.24) is 10.2 Å². The molecule has 1 amide bonds. The Bertz CT molecular complexity index is 396. The van der Waals surface area contributed by atoms with Crippen LogP contribution in [-0.2, 0) is 11.2 Å². The lowest BCUT2D eigenvalue weighted by Crippen LogP contribution is -2.37. The number of para-hydroxylation sites is 1. The number of aliphatic hydroxyl groups excluding tert-OH is 1. The van der Waals surface area contributed by atoms with Gasteiger partial charge in [0.1, 0.15) is 5.75 Å². The molecule has 0 fully saturated rings. The number of benzene rings is 1. The fourth-order valence-electron chi connectivity index (χ4n) is 1.80. The molecule has 0 aliphatic rings. The zero-order valence-corrected chi connectivity index (χ0v) is 11.6. The Morgan fingerprint density at radius 2 is 2.16 bits per heavy atom. The summed E-state index contributed by atoms with van der Waals surface area (Å²) >= 11 is 0. The average molecular weight is 266 g/mol. The molecule has 1 aromatic carbocycles. The number of carbonyl (C=O) groups excluding carboxylic acids is 1. The lowest BCUT2D eigenvalue weighted by Gasteiger charge is -2.14. The van der Waals surface area contributed by atoms with Crippen molar-refractivity contribution in [2.45, 2.75) is 6.42 Å². The Morgan fingerprint density at radius 1 is 1.42 bits per heavy atom. The molecule has 5 nitrogen and oxygen atoms in total. The predicted octanol–water partition coefficient (Wildman–Crippen LogP) is 0.278. The molecule has 0 aliphatic carbocycles. The number of amides is 1. The summed E-state index contributed by atoms with van der Waals surface area (Å²) in [5.74, 6) is 0.806. The number of nitrogens with one attached hydrogen (secondary N) is 1. The van der Waals surface area contributed by atoms with Gasteiger partial charge in [0.2, 0.25) is 5.91 Å². The first kappa shape index (κ1) is 15.5. The highest BCUT2D eigenvalue weighted by atomic mass is 16.5. The minimum Gasteiger partial charge on any atom is -0.496 e. The van der Waals surface area contributed by atoms with Crippen molar-refractivity contribution in [2.24, 2.45) is 0 Å². The van der Waals surface area contributed by atoms with Crippen LogP contribution in [0.4, 0.5) is 0 Å². The molecule has 106 valence electrons. The smallest absolute Gasteiger partial charge is 0.234 e. The molecular weight excluding hydrogens is 244 g/mol. The number of likely N-dealkylation sites (N-methyl/N-ethyl adjacent to an activating group) is 1. The third kappa shape index (κ3) is 5.72. The van der Waals surface area contributed by atoms with Crippen molar-refractivity contribution in [3.63, 3.8) is 0 Å². The second-order valence-electron chi connectivity index (χ2n) is 4.37. The molecule has 0 saturated heterocycles. The molecular formula is C14H22N2O3. The number of aliphatic hydroxyl groups is 1. The summed E-state index contributed by atoms with van der Waals surface area (Å²) in [6.45, 7) is 1.43. The largest absolute Gasteiger partial charge is 0.496 e. The molecule has 0 spiro atoms. The van der Waals surface area contributed by atoms with E-state index in [2.05, 4.69) is 5.32 Å². The second kappa shape index (κ2) is 8.50. The molecule has 0 unspecified atom stereocenters. The summed E-state index contributed by atoms with van der Waals surface area (Å²) < 4.78 is 5.25. The molecule has 0 atom stereocenters. The van der Waals surface area contributed by atoms with Gasteiger partial charge in [0.05, 0.1) is 20.3 Å². The molecule has 0 saturated carbocycles. The molecule has 0 aromatic heterocycles. The van der Waals surface area contributed by atoms with Crippen molar-refractivity contribution in [2.75, 3.05) is 40.4 Å². The number of rotatable bonds is 8. The van der Waals surface area contributed by atoms with E-state index in [0.29, 0.717) is 19.6 Å². The highest BCUT2D eigenvalue weighted by Gasteiger charge is 2.06. The van der Waals surface area contributed by atoms with Crippen LogP contribution in [0.1, 0.15) is 5.56 Å². The van der Waals surface area contributed by atoms with Crippen LogP contribution in [0.25, 0.3) is 0 Å². The van der Waals surface area contributed by atoms with Crippen LogP contribution in [0.3, 0.4) is 0 Å². The summed E-state index contributed by atoms with van der Waals surface area (Å²) in [6, 6.07) is 7.77. The van der Waals surface area contributed by atoms with Crippen LogP contribution >= 0.6 is 0 Å². The average Bonchev–Trinajstić information content (AvgIpc) is 2.39. The van der Waals surface area contributed by atoms with Crippen molar-refractivity contribution in [3.05, 3.63) is 29.8 Å². The third-order valence-electron chi connectivity index (χ3n) is 2.80. The topological polar surface area (TPSA) is 61.8 Å². The summed E-state index contributed by atoms with van der Waals surface area (Å²) in [7, 11) is 3.44. The van der Waals surface area contributed by atoms with Crippen molar-refractivity contribution in [3.8, 4) is 5.75 Å². The van der Waals surface area contributed by atoms with Crippen LogP contribution in [0.15, 0.2) is 24.3 Å². The lowest BCUT2D eigenvalue weighted by molar-refractivity contribution is -0.121. The van der Waals surface area contributed by atoms with Gasteiger partial charge in [0.15, 0.2) is 0 Å². The summed E-state index contributed by atoms with van der Waals surface area (Å²) in [5, 5.41) is 11.6. The minimum absolute atomic E-state index is 0.0363. The lowest BCUT2D eigenvalue weighted by atomic mass is 10.1. The molecule has 0 bridgehead atoms. The van der Waals surface area contributed by atoms with E-state index in [0.717, 1.165) is 17.7 Å². The number of hydrogen-bond donors (Lipinski definition) is 2. The zero-order chi connectivity index (χ0) is 14.1. The first-order valence-electron chi connectivity index (χ1n) is 6.35. The van der Waals surface area contributed by atoms with Crippen LogP contribution in [-0.4, -0.2) is 56.3 Å². The van der Waals surface area contributed by atoms with Gasteiger partial charge < -0.3 is 15.2 Å². The molecule has 1 aromatic rings. The van der Waals surface area contributed by atoms with E-state index in [-0.39, 0.29) is 12.5 Å². The predicted molar refractivity (Wildman–Crippen MR) is 74.3 cm³/mol. The normalized spacial score (nSPS) is 10.5. The number of nitrogens with zero attached hydrogens (tertiary/aromatic N) is 1. The Kier molecular flexibility index (Phi) is 6.92. The van der Waals surface area contributed by atoms with Crippen molar-refractivity contribution in [1.29, 1.82) is 0 Å². The monoisotopic (exact) mass is 266 g/mol. The van der Waals surface area contributed by atoms with Crippen molar-refractivity contribution < 1.29 is 14.6 Å². The maximum absolute atomic E-state index is 11.6. The van der Waals surface area contributed by atoms with Gasteiger partial charge in [-0.25, -0.2) is 0 Å². The van der Waals surface area contributed by atoms with Gasteiger partial charge in [0, 0.05) is 13.1 Å². The quantitative estimate of drug-likeness (QED) is 0.709. The minimum atomic E-state index is -0.0363. The third-order valence-corrected chi connectivity index (χ3v) is 2.80. The van der Waals surface area contributed by atoms with E-state index in [1.165, 1.54) is 0 Å². The molecule has 0 aliphatic heterocycles. The Hall–Kier alpha value is -1.59. The number of carbonyl (C=O) groups is 1. The van der Waals surface area contributed by atoms with E-state index >= 15 is 0 Å². The van der Waals surface area contributed by atoms with E-state index in [9.17, 15) is 4.79 Å². The van der Waals surface area contributed by atoms with Gasteiger partial charge >= 0.3 is 0 Å². The molecule has 0 radical (unpaired) electrons. The van der Waals surface area contributed by atoms with Gasteiger partial charge in [-0.2, -0.15) is 0 Å². The van der Waals surface area contributed by atoms with Crippen LogP contribution in [0.2, 0.25) is 0 Å². The Morgan fingerprint density at radius 3 is 2.84 bits per heavy atom. The SMILES string of the molecule is COc1ccccc1CCNC(=O)CN(C)CCO.